The van der Waals surface area contributed by atoms with Crippen molar-refractivity contribution in [3.05, 3.63) is 29.8 Å². The zero-order chi connectivity index (χ0) is 13.9. The van der Waals surface area contributed by atoms with Crippen LogP contribution in [-0.4, -0.2) is 50.3 Å². The highest BCUT2D eigenvalue weighted by Gasteiger charge is 2.26. The first kappa shape index (κ1) is 14.5. The molecule has 0 aromatic heterocycles. The molecule has 2 rings (SSSR count). The summed E-state index contributed by atoms with van der Waals surface area (Å²) in [6, 6.07) is 7.10. The maximum absolute atomic E-state index is 12.6. The van der Waals surface area contributed by atoms with Crippen LogP contribution in [0.1, 0.15) is 18.9 Å². The van der Waals surface area contributed by atoms with Crippen LogP contribution in [0.3, 0.4) is 0 Å². The zero-order valence-electron chi connectivity index (χ0n) is 11.7. The number of nitrogens with zero attached hydrogens (tertiary/aromatic N) is 2. The molecule has 1 saturated heterocycles. The lowest BCUT2D eigenvalue weighted by molar-refractivity contribution is 0.302. The molecule has 1 aliphatic rings. The van der Waals surface area contributed by atoms with Crippen LogP contribution in [0.5, 0.6) is 0 Å². The Kier molecular flexibility index (Phi) is 4.60. The Morgan fingerprint density at radius 3 is 2.37 bits per heavy atom. The lowest BCUT2D eigenvalue weighted by Crippen LogP contribution is -2.35. The standard InChI is InChI=1S/C14H22N2O2S/c1-3-15-9-4-10-16(12-11-15)19(17,18)14-7-5-13(2)6-8-14/h5-8H,3-4,9-12H2,1-2H3. The van der Waals surface area contributed by atoms with Gasteiger partial charge in [-0.15, -0.1) is 0 Å². The van der Waals surface area contributed by atoms with E-state index in [-0.39, 0.29) is 0 Å². The molecule has 1 heterocycles. The molecule has 0 saturated carbocycles. The highest BCUT2D eigenvalue weighted by Crippen LogP contribution is 2.18. The second-order valence-corrected chi connectivity index (χ2v) is 6.94. The summed E-state index contributed by atoms with van der Waals surface area (Å²) in [5.74, 6) is 0. The number of hydrogen-bond donors (Lipinski definition) is 0. The van der Waals surface area contributed by atoms with Crippen LogP contribution in [0.25, 0.3) is 0 Å². The van der Waals surface area contributed by atoms with Gasteiger partial charge in [0.2, 0.25) is 10.0 Å². The molecular weight excluding hydrogens is 260 g/mol. The highest BCUT2D eigenvalue weighted by atomic mass is 32.2. The summed E-state index contributed by atoms with van der Waals surface area (Å²) in [4.78, 5) is 2.70. The van der Waals surface area contributed by atoms with Gasteiger partial charge in [-0.2, -0.15) is 4.31 Å². The van der Waals surface area contributed by atoms with Crippen molar-refractivity contribution in [2.75, 3.05) is 32.7 Å². The van der Waals surface area contributed by atoms with Crippen LogP contribution in [-0.2, 0) is 10.0 Å². The molecule has 1 aliphatic heterocycles. The third-order valence-electron chi connectivity index (χ3n) is 3.65. The molecule has 0 N–H and O–H groups in total. The fraction of sp³-hybridized carbons (Fsp3) is 0.571. The third kappa shape index (κ3) is 3.35. The maximum Gasteiger partial charge on any atom is 0.243 e. The van der Waals surface area contributed by atoms with Gasteiger partial charge < -0.3 is 4.90 Å². The average molecular weight is 282 g/mol. The van der Waals surface area contributed by atoms with E-state index < -0.39 is 10.0 Å². The van der Waals surface area contributed by atoms with Gasteiger partial charge >= 0.3 is 0 Å². The number of aryl methyl sites for hydroxylation is 1. The van der Waals surface area contributed by atoms with Gasteiger partial charge in [-0.25, -0.2) is 8.42 Å². The second-order valence-electron chi connectivity index (χ2n) is 5.00. The van der Waals surface area contributed by atoms with Crippen molar-refractivity contribution in [2.45, 2.75) is 25.2 Å². The molecule has 0 spiro atoms. The van der Waals surface area contributed by atoms with Crippen molar-refractivity contribution in [3.63, 3.8) is 0 Å². The number of hydrogen-bond acceptors (Lipinski definition) is 3. The molecule has 0 amide bonds. The predicted molar refractivity (Wildman–Crippen MR) is 76.7 cm³/mol. The summed E-state index contributed by atoms with van der Waals surface area (Å²) in [7, 11) is -3.33. The van der Waals surface area contributed by atoms with Gasteiger partial charge in [0.05, 0.1) is 4.90 Å². The zero-order valence-corrected chi connectivity index (χ0v) is 12.5. The van der Waals surface area contributed by atoms with E-state index in [1.54, 1.807) is 16.4 Å². The Labute approximate surface area is 116 Å². The van der Waals surface area contributed by atoms with E-state index in [0.717, 1.165) is 31.6 Å². The normalized spacial score (nSPS) is 19.3. The summed E-state index contributed by atoms with van der Waals surface area (Å²) < 4.78 is 26.7. The van der Waals surface area contributed by atoms with Crippen LogP contribution in [0, 0.1) is 6.92 Å². The minimum Gasteiger partial charge on any atom is -0.302 e. The van der Waals surface area contributed by atoms with Crippen molar-refractivity contribution in [1.82, 2.24) is 9.21 Å². The fourth-order valence-corrected chi connectivity index (χ4v) is 3.83. The predicted octanol–water partition coefficient (Wildman–Crippen LogP) is 1.71. The molecule has 0 bridgehead atoms. The molecule has 19 heavy (non-hydrogen) atoms. The summed E-state index contributed by atoms with van der Waals surface area (Å²) in [6.07, 6.45) is 0.902. The van der Waals surface area contributed by atoms with Crippen molar-refractivity contribution in [3.8, 4) is 0 Å². The molecule has 106 valence electrons. The van der Waals surface area contributed by atoms with Crippen molar-refractivity contribution in [1.29, 1.82) is 0 Å². The number of rotatable bonds is 3. The Morgan fingerprint density at radius 1 is 1.05 bits per heavy atom. The number of sulfonamides is 1. The molecule has 1 fully saturated rings. The lowest BCUT2D eigenvalue weighted by atomic mass is 10.2. The maximum atomic E-state index is 12.6. The molecule has 0 radical (unpaired) electrons. The quantitative estimate of drug-likeness (QED) is 0.847. The molecule has 1 aromatic rings. The number of benzene rings is 1. The molecule has 5 heteroatoms. The second kappa shape index (κ2) is 6.03. The van der Waals surface area contributed by atoms with Gasteiger partial charge in [-0.3, -0.25) is 0 Å². The van der Waals surface area contributed by atoms with E-state index in [9.17, 15) is 8.42 Å². The smallest absolute Gasteiger partial charge is 0.243 e. The topological polar surface area (TPSA) is 40.6 Å². The van der Waals surface area contributed by atoms with E-state index in [2.05, 4.69) is 11.8 Å². The molecule has 0 atom stereocenters. The van der Waals surface area contributed by atoms with Gasteiger partial charge in [0.25, 0.3) is 0 Å². The van der Waals surface area contributed by atoms with Crippen LogP contribution in [0.15, 0.2) is 29.2 Å². The summed E-state index contributed by atoms with van der Waals surface area (Å²) in [5, 5.41) is 0. The molecule has 0 unspecified atom stereocenters. The first-order valence-electron chi connectivity index (χ1n) is 6.83. The first-order valence-corrected chi connectivity index (χ1v) is 8.27. The van der Waals surface area contributed by atoms with E-state index in [1.807, 2.05) is 19.1 Å². The Bertz CT molecular complexity index is 511. The van der Waals surface area contributed by atoms with Crippen molar-refractivity contribution in [2.24, 2.45) is 0 Å². The van der Waals surface area contributed by atoms with E-state index in [4.69, 9.17) is 0 Å². The SMILES string of the molecule is CCN1CCCN(S(=O)(=O)c2ccc(C)cc2)CC1. The Hall–Kier alpha value is -0.910. The van der Waals surface area contributed by atoms with Crippen LogP contribution < -0.4 is 0 Å². The summed E-state index contributed by atoms with van der Waals surface area (Å²) in [6.45, 7) is 8.07. The minimum atomic E-state index is -3.33. The van der Waals surface area contributed by atoms with Gasteiger partial charge in [0.1, 0.15) is 0 Å². The number of likely N-dealkylation sites (N-methyl/N-ethyl adjacent to an activating group) is 1. The van der Waals surface area contributed by atoms with Crippen molar-refractivity contribution < 1.29 is 8.42 Å². The fourth-order valence-electron chi connectivity index (χ4n) is 2.36. The van der Waals surface area contributed by atoms with E-state index >= 15 is 0 Å². The summed E-state index contributed by atoms with van der Waals surface area (Å²) in [5.41, 5.74) is 1.08. The van der Waals surface area contributed by atoms with E-state index in [0.29, 0.717) is 18.0 Å². The minimum absolute atomic E-state index is 0.406. The van der Waals surface area contributed by atoms with Crippen LogP contribution in [0.2, 0.25) is 0 Å². The van der Waals surface area contributed by atoms with Crippen molar-refractivity contribution >= 4 is 10.0 Å². The lowest BCUT2D eigenvalue weighted by Gasteiger charge is -2.21. The summed E-state index contributed by atoms with van der Waals surface area (Å²) >= 11 is 0. The van der Waals surface area contributed by atoms with Gasteiger partial charge in [-0.1, -0.05) is 24.6 Å². The molecule has 4 nitrogen and oxygen atoms in total. The third-order valence-corrected chi connectivity index (χ3v) is 5.57. The monoisotopic (exact) mass is 282 g/mol. The first-order chi connectivity index (χ1) is 9.04. The Morgan fingerprint density at radius 2 is 1.74 bits per heavy atom. The molecule has 0 aliphatic carbocycles. The molecule has 1 aromatic carbocycles. The van der Waals surface area contributed by atoms with Crippen LogP contribution >= 0.6 is 0 Å². The van der Waals surface area contributed by atoms with Gasteiger partial charge in [0, 0.05) is 19.6 Å². The molecular formula is C14H22N2O2S. The van der Waals surface area contributed by atoms with Crippen LogP contribution in [0.4, 0.5) is 0 Å². The average Bonchev–Trinajstić information content (AvgIpc) is 2.65. The van der Waals surface area contributed by atoms with E-state index in [1.165, 1.54) is 0 Å². The largest absolute Gasteiger partial charge is 0.302 e. The van der Waals surface area contributed by atoms with Gasteiger partial charge in [-0.05, 0) is 38.6 Å². The highest BCUT2D eigenvalue weighted by molar-refractivity contribution is 7.89. The van der Waals surface area contributed by atoms with Gasteiger partial charge in [0.15, 0.2) is 0 Å². The Balaban J connectivity index is 2.17.